The van der Waals surface area contributed by atoms with E-state index < -0.39 is 12.3 Å². The van der Waals surface area contributed by atoms with E-state index >= 15 is 0 Å². The van der Waals surface area contributed by atoms with Gasteiger partial charge in [0.25, 0.3) is 5.91 Å². The number of nitrogens with one attached hydrogen (secondary N) is 1. The van der Waals surface area contributed by atoms with Crippen LogP contribution in [-0.4, -0.2) is 60.9 Å². The van der Waals surface area contributed by atoms with Crippen molar-refractivity contribution in [1.82, 2.24) is 10.4 Å². The molecule has 1 fully saturated rings. The number of carbonyl (C=O) groups is 1. The summed E-state index contributed by atoms with van der Waals surface area (Å²) in [7, 11) is 1.60. The van der Waals surface area contributed by atoms with Crippen LogP contribution in [0.2, 0.25) is 0 Å². The number of rotatable bonds is 7. The number of anilines is 1. The van der Waals surface area contributed by atoms with E-state index in [9.17, 15) is 9.90 Å². The zero-order valence-corrected chi connectivity index (χ0v) is 15.7. The standard InChI is InChI=1S/C20H25N3O5/c1-27-18-4-2-3-17(13-18)23(20(25)22-9-11-28-12-10-22)14-15-5-7-16(8-6-15)19(24)21-26/h2-8,13,20,25-26H,9-12,14H2,1H3,(H,21,24). The summed E-state index contributed by atoms with van der Waals surface area (Å²) >= 11 is 0. The number of nitrogens with zero attached hydrogens (tertiary/aromatic N) is 2. The molecule has 3 N–H and O–H groups in total. The summed E-state index contributed by atoms with van der Waals surface area (Å²) in [5, 5.41) is 19.8. The molecule has 1 atom stereocenters. The number of hydrogen-bond donors (Lipinski definition) is 3. The Morgan fingerprint density at radius 1 is 1.25 bits per heavy atom. The van der Waals surface area contributed by atoms with Crippen LogP contribution in [0.5, 0.6) is 5.75 Å². The van der Waals surface area contributed by atoms with E-state index in [0.29, 0.717) is 44.2 Å². The summed E-state index contributed by atoms with van der Waals surface area (Å²) in [4.78, 5) is 15.3. The lowest BCUT2D eigenvalue weighted by atomic mass is 10.1. The fraction of sp³-hybridized carbons (Fsp3) is 0.350. The first-order valence-corrected chi connectivity index (χ1v) is 9.06. The second kappa shape index (κ2) is 9.52. The van der Waals surface area contributed by atoms with Crippen LogP contribution >= 0.6 is 0 Å². The highest BCUT2D eigenvalue weighted by Crippen LogP contribution is 2.25. The molecule has 2 aromatic carbocycles. The molecular weight excluding hydrogens is 362 g/mol. The molecule has 150 valence electrons. The van der Waals surface area contributed by atoms with Gasteiger partial charge in [-0.1, -0.05) is 18.2 Å². The van der Waals surface area contributed by atoms with Crippen molar-refractivity contribution < 1.29 is 24.6 Å². The van der Waals surface area contributed by atoms with Crippen molar-refractivity contribution in [3.05, 3.63) is 59.7 Å². The van der Waals surface area contributed by atoms with E-state index in [1.54, 1.807) is 36.9 Å². The average Bonchev–Trinajstić information content (AvgIpc) is 2.77. The lowest BCUT2D eigenvalue weighted by Gasteiger charge is -2.39. The molecule has 1 amide bonds. The highest BCUT2D eigenvalue weighted by Gasteiger charge is 2.25. The fourth-order valence-electron chi connectivity index (χ4n) is 3.12. The molecule has 0 aromatic heterocycles. The second-order valence-electron chi connectivity index (χ2n) is 6.46. The van der Waals surface area contributed by atoms with Crippen LogP contribution in [0.1, 0.15) is 15.9 Å². The third-order valence-electron chi connectivity index (χ3n) is 4.71. The van der Waals surface area contributed by atoms with Crippen LogP contribution in [0, 0.1) is 0 Å². The van der Waals surface area contributed by atoms with Gasteiger partial charge in [-0.25, -0.2) is 5.48 Å². The monoisotopic (exact) mass is 387 g/mol. The summed E-state index contributed by atoms with van der Waals surface area (Å²) in [6.45, 7) is 2.85. The van der Waals surface area contributed by atoms with Gasteiger partial charge >= 0.3 is 0 Å². The summed E-state index contributed by atoms with van der Waals surface area (Å²) in [6, 6.07) is 14.4. The maximum absolute atomic E-state index is 11.5. The largest absolute Gasteiger partial charge is 0.497 e. The molecule has 2 aromatic rings. The number of benzene rings is 2. The third-order valence-corrected chi connectivity index (χ3v) is 4.71. The van der Waals surface area contributed by atoms with Gasteiger partial charge in [0, 0.05) is 37.0 Å². The van der Waals surface area contributed by atoms with Gasteiger partial charge in [0.2, 0.25) is 0 Å². The molecule has 1 saturated heterocycles. The van der Waals surface area contributed by atoms with Crippen LogP contribution in [-0.2, 0) is 11.3 Å². The maximum atomic E-state index is 11.5. The second-order valence-corrected chi connectivity index (χ2v) is 6.46. The quantitative estimate of drug-likeness (QED) is 0.376. The van der Waals surface area contributed by atoms with E-state index in [2.05, 4.69) is 0 Å². The van der Waals surface area contributed by atoms with Crippen molar-refractivity contribution >= 4 is 11.6 Å². The summed E-state index contributed by atoms with van der Waals surface area (Å²) in [6.07, 6.45) is -0.837. The topological polar surface area (TPSA) is 94.5 Å². The smallest absolute Gasteiger partial charge is 0.274 e. The minimum Gasteiger partial charge on any atom is -0.497 e. The van der Waals surface area contributed by atoms with Crippen molar-refractivity contribution in [2.24, 2.45) is 0 Å². The number of methoxy groups -OCH3 is 1. The first kappa shape index (κ1) is 20.1. The number of aliphatic hydroxyl groups is 1. The third kappa shape index (κ3) is 4.79. The molecule has 8 heteroatoms. The normalized spacial score (nSPS) is 15.7. The number of aliphatic hydroxyl groups excluding tert-OH is 1. The van der Waals surface area contributed by atoms with E-state index in [1.165, 1.54) is 0 Å². The number of carbonyl (C=O) groups excluding carboxylic acids is 1. The molecule has 1 aliphatic heterocycles. The first-order chi connectivity index (χ1) is 13.6. The number of hydrogen-bond acceptors (Lipinski definition) is 7. The van der Waals surface area contributed by atoms with Crippen molar-refractivity contribution in [1.29, 1.82) is 0 Å². The molecular formula is C20H25N3O5. The van der Waals surface area contributed by atoms with Gasteiger partial charge < -0.3 is 19.5 Å². The molecule has 3 rings (SSSR count). The number of hydroxylamine groups is 1. The minimum absolute atomic E-state index is 0.355. The summed E-state index contributed by atoms with van der Waals surface area (Å²) in [5.74, 6) is 0.135. The SMILES string of the molecule is COc1cccc(N(Cc2ccc(C(=O)NO)cc2)C(O)N2CCOCC2)c1. The molecule has 28 heavy (non-hydrogen) atoms. The Balaban J connectivity index is 1.85. The van der Waals surface area contributed by atoms with Crippen molar-refractivity contribution in [2.75, 3.05) is 38.3 Å². The summed E-state index contributed by atoms with van der Waals surface area (Å²) < 4.78 is 10.7. The van der Waals surface area contributed by atoms with Gasteiger partial charge in [-0.05, 0) is 29.8 Å². The van der Waals surface area contributed by atoms with Crippen molar-refractivity contribution in [3.63, 3.8) is 0 Å². The van der Waals surface area contributed by atoms with Crippen LogP contribution in [0.15, 0.2) is 48.5 Å². The molecule has 1 heterocycles. The predicted octanol–water partition coefficient (Wildman–Crippen LogP) is 1.43. The van der Waals surface area contributed by atoms with Gasteiger partial charge in [0.1, 0.15) is 5.75 Å². The highest BCUT2D eigenvalue weighted by molar-refractivity contribution is 5.93. The van der Waals surface area contributed by atoms with Crippen LogP contribution in [0.4, 0.5) is 5.69 Å². The lowest BCUT2D eigenvalue weighted by Crippen LogP contribution is -2.52. The van der Waals surface area contributed by atoms with Crippen LogP contribution < -0.4 is 15.1 Å². The van der Waals surface area contributed by atoms with Gasteiger partial charge in [-0.2, -0.15) is 0 Å². The Morgan fingerprint density at radius 2 is 1.96 bits per heavy atom. The molecule has 1 aliphatic rings. The van der Waals surface area contributed by atoms with Crippen molar-refractivity contribution in [2.45, 2.75) is 12.9 Å². The van der Waals surface area contributed by atoms with Crippen LogP contribution in [0.25, 0.3) is 0 Å². The molecule has 0 radical (unpaired) electrons. The van der Waals surface area contributed by atoms with Crippen LogP contribution in [0.3, 0.4) is 0 Å². The van der Waals surface area contributed by atoms with Gasteiger partial charge in [0.15, 0.2) is 6.35 Å². The molecule has 0 aliphatic carbocycles. The molecule has 1 unspecified atom stereocenters. The van der Waals surface area contributed by atoms with E-state index in [-0.39, 0.29) is 0 Å². The molecule has 8 nitrogen and oxygen atoms in total. The zero-order chi connectivity index (χ0) is 19.9. The lowest BCUT2D eigenvalue weighted by molar-refractivity contribution is -0.0597. The van der Waals surface area contributed by atoms with Gasteiger partial charge in [0.05, 0.1) is 20.3 Å². The summed E-state index contributed by atoms with van der Waals surface area (Å²) in [5.41, 5.74) is 3.70. The molecule has 0 spiro atoms. The van der Waals surface area contributed by atoms with Crippen molar-refractivity contribution in [3.8, 4) is 5.75 Å². The average molecular weight is 387 g/mol. The van der Waals surface area contributed by atoms with E-state index in [1.807, 2.05) is 34.1 Å². The molecule has 0 saturated carbocycles. The Hall–Kier alpha value is -2.65. The Bertz CT molecular complexity index is 778. The minimum atomic E-state index is -0.837. The Kier molecular flexibility index (Phi) is 6.83. The maximum Gasteiger partial charge on any atom is 0.274 e. The Labute approximate surface area is 163 Å². The van der Waals surface area contributed by atoms with Gasteiger partial charge in [-0.3, -0.25) is 14.9 Å². The van der Waals surface area contributed by atoms with Gasteiger partial charge in [-0.15, -0.1) is 0 Å². The predicted molar refractivity (Wildman–Crippen MR) is 103 cm³/mol. The number of morpholine rings is 1. The number of ether oxygens (including phenoxy) is 2. The highest BCUT2D eigenvalue weighted by atomic mass is 16.5. The Morgan fingerprint density at radius 3 is 2.61 bits per heavy atom. The fourth-order valence-corrected chi connectivity index (χ4v) is 3.12. The van der Waals surface area contributed by atoms with E-state index in [4.69, 9.17) is 14.7 Å². The van der Waals surface area contributed by atoms with E-state index in [0.717, 1.165) is 11.3 Å². The number of amides is 1. The zero-order valence-electron chi connectivity index (χ0n) is 15.7. The first-order valence-electron chi connectivity index (χ1n) is 9.06. The molecule has 0 bridgehead atoms.